The van der Waals surface area contributed by atoms with Crippen LogP contribution in [-0.4, -0.2) is 54.5 Å². The van der Waals surface area contributed by atoms with Gasteiger partial charge in [-0.25, -0.2) is 0 Å². The minimum Gasteiger partial charge on any atom is -0.341 e. The summed E-state index contributed by atoms with van der Waals surface area (Å²) in [6, 6.07) is -0.313. The average Bonchev–Trinajstić information content (AvgIpc) is 2.82. The molecule has 0 radical (unpaired) electrons. The summed E-state index contributed by atoms with van der Waals surface area (Å²) in [6.45, 7) is 13.7. The average molecular weight is 269 g/mol. The molecule has 4 heteroatoms. The maximum Gasteiger partial charge on any atom is 0.239 e. The van der Waals surface area contributed by atoms with Crippen molar-refractivity contribution in [3.05, 3.63) is 0 Å². The van der Waals surface area contributed by atoms with Crippen LogP contribution in [0.25, 0.3) is 0 Å². The van der Waals surface area contributed by atoms with Crippen molar-refractivity contribution in [2.75, 3.05) is 32.7 Å². The third kappa shape index (κ3) is 5.11. The van der Waals surface area contributed by atoms with Gasteiger partial charge in [0.2, 0.25) is 5.91 Å². The molecule has 1 fully saturated rings. The molecule has 1 aliphatic heterocycles. The number of carbonyl (C=O) groups is 1. The molecule has 112 valence electrons. The van der Waals surface area contributed by atoms with Crippen LogP contribution >= 0.6 is 0 Å². The molecule has 1 saturated heterocycles. The second kappa shape index (κ2) is 7.85. The van der Waals surface area contributed by atoms with Crippen LogP contribution in [0.4, 0.5) is 0 Å². The molecular weight excluding hydrogens is 238 g/mol. The van der Waals surface area contributed by atoms with E-state index in [9.17, 15) is 4.79 Å². The molecule has 2 atom stereocenters. The Morgan fingerprint density at radius 3 is 2.53 bits per heavy atom. The third-order valence-corrected chi connectivity index (χ3v) is 4.05. The van der Waals surface area contributed by atoms with Crippen molar-refractivity contribution in [3.63, 3.8) is 0 Å². The lowest BCUT2D eigenvalue weighted by atomic mass is 10.0. The quantitative estimate of drug-likeness (QED) is 0.763. The highest BCUT2D eigenvalue weighted by Gasteiger charge is 2.29. The summed E-state index contributed by atoms with van der Waals surface area (Å²) < 4.78 is 0. The molecule has 1 amide bonds. The maximum absolute atomic E-state index is 12.2. The maximum atomic E-state index is 12.2. The number of hydrogen-bond donors (Lipinski definition) is 1. The van der Waals surface area contributed by atoms with Crippen molar-refractivity contribution >= 4 is 5.91 Å². The fraction of sp³-hybridized carbons (Fsp3) is 0.933. The lowest BCUT2D eigenvalue weighted by Crippen LogP contribution is -2.43. The van der Waals surface area contributed by atoms with Crippen LogP contribution in [0.3, 0.4) is 0 Å². The van der Waals surface area contributed by atoms with Crippen LogP contribution in [-0.2, 0) is 4.79 Å². The Balaban J connectivity index is 2.40. The van der Waals surface area contributed by atoms with Gasteiger partial charge in [0.25, 0.3) is 0 Å². The lowest BCUT2D eigenvalue weighted by molar-refractivity contribution is -0.132. The Morgan fingerprint density at radius 2 is 2.00 bits per heavy atom. The fourth-order valence-corrected chi connectivity index (χ4v) is 2.87. The highest BCUT2D eigenvalue weighted by atomic mass is 16.2. The van der Waals surface area contributed by atoms with Gasteiger partial charge in [-0.3, -0.25) is 4.79 Å². The highest BCUT2D eigenvalue weighted by Crippen LogP contribution is 2.19. The fourth-order valence-electron chi connectivity index (χ4n) is 2.87. The van der Waals surface area contributed by atoms with Crippen LogP contribution in [0.15, 0.2) is 0 Å². The van der Waals surface area contributed by atoms with E-state index >= 15 is 0 Å². The second-order valence-corrected chi connectivity index (χ2v) is 6.16. The molecule has 0 bridgehead atoms. The molecule has 0 aromatic heterocycles. The van der Waals surface area contributed by atoms with Gasteiger partial charge in [-0.1, -0.05) is 27.7 Å². The van der Waals surface area contributed by atoms with Gasteiger partial charge in [-0.05, 0) is 37.8 Å². The van der Waals surface area contributed by atoms with E-state index in [1.54, 1.807) is 0 Å². The molecule has 1 unspecified atom stereocenters. The van der Waals surface area contributed by atoms with Crippen molar-refractivity contribution < 1.29 is 4.79 Å². The highest BCUT2D eigenvalue weighted by molar-refractivity contribution is 5.81. The van der Waals surface area contributed by atoms with E-state index in [0.29, 0.717) is 11.8 Å². The van der Waals surface area contributed by atoms with Gasteiger partial charge in [0.05, 0.1) is 6.04 Å². The molecule has 19 heavy (non-hydrogen) atoms. The number of rotatable bonds is 7. The van der Waals surface area contributed by atoms with Crippen LogP contribution in [0.5, 0.6) is 0 Å². The van der Waals surface area contributed by atoms with Crippen molar-refractivity contribution in [3.8, 4) is 0 Å². The van der Waals surface area contributed by atoms with E-state index in [1.165, 1.54) is 0 Å². The molecule has 1 heterocycles. The molecule has 0 aromatic rings. The normalized spacial score (nSPS) is 21.4. The zero-order valence-electron chi connectivity index (χ0n) is 13.1. The Morgan fingerprint density at radius 1 is 1.37 bits per heavy atom. The molecule has 1 rings (SSSR count). The number of likely N-dealkylation sites (tertiary alicyclic amines) is 1. The SMILES string of the molecule is CCN(CC)CC1CCN(C(=O)[C@@H](N)CC(C)C)C1. The van der Waals surface area contributed by atoms with Crippen LogP contribution in [0.2, 0.25) is 0 Å². The standard InChI is InChI=1S/C15H31N3O/c1-5-17(6-2)10-13-7-8-18(11-13)15(19)14(16)9-12(3)4/h12-14H,5-11,16H2,1-4H3/t13?,14-/m0/s1. The van der Waals surface area contributed by atoms with Crippen LogP contribution < -0.4 is 5.73 Å². The van der Waals surface area contributed by atoms with Crippen molar-refractivity contribution in [1.29, 1.82) is 0 Å². The van der Waals surface area contributed by atoms with E-state index in [0.717, 1.165) is 45.6 Å². The van der Waals surface area contributed by atoms with Crippen molar-refractivity contribution in [1.82, 2.24) is 9.80 Å². The molecule has 0 saturated carbocycles. The Bertz CT molecular complexity index is 277. The predicted octanol–water partition coefficient (Wildman–Crippen LogP) is 1.55. The summed E-state index contributed by atoms with van der Waals surface area (Å²) in [5, 5.41) is 0. The predicted molar refractivity (Wildman–Crippen MR) is 79.9 cm³/mol. The lowest BCUT2D eigenvalue weighted by Gasteiger charge is -2.24. The Kier molecular flexibility index (Phi) is 6.80. The monoisotopic (exact) mass is 269 g/mol. The minimum absolute atomic E-state index is 0.149. The largest absolute Gasteiger partial charge is 0.341 e. The zero-order valence-corrected chi connectivity index (χ0v) is 13.1. The molecule has 0 aliphatic carbocycles. The van der Waals surface area contributed by atoms with Gasteiger partial charge < -0.3 is 15.5 Å². The summed E-state index contributed by atoms with van der Waals surface area (Å²) in [5.74, 6) is 1.25. The van der Waals surface area contributed by atoms with Gasteiger partial charge in [0, 0.05) is 19.6 Å². The number of amides is 1. The summed E-state index contributed by atoms with van der Waals surface area (Å²) in [7, 11) is 0. The first-order valence-electron chi connectivity index (χ1n) is 7.74. The Hall–Kier alpha value is -0.610. The molecular formula is C15H31N3O. The number of nitrogens with two attached hydrogens (primary N) is 1. The zero-order chi connectivity index (χ0) is 14.4. The van der Waals surface area contributed by atoms with Gasteiger partial charge in [-0.15, -0.1) is 0 Å². The van der Waals surface area contributed by atoms with Crippen LogP contribution in [0, 0.1) is 11.8 Å². The number of nitrogens with zero attached hydrogens (tertiary/aromatic N) is 2. The molecule has 0 aromatic carbocycles. The smallest absolute Gasteiger partial charge is 0.239 e. The molecule has 4 nitrogen and oxygen atoms in total. The number of carbonyl (C=O) groups excluding carboxylic acids is 1. The minimum atomic E-state index is -0.313. The van der Waals surface area contributed by atoms with E-state index in [1.807, 2.05) is 4.90 Å². The summed E-state index contributed by atoms with van der Waals surface area (Å²) in [6.07, 6.45) is 1.91. The molecule has 2 N–H and O–H groups in total. The summed E-state index contributed by atoms with van der Waals surface area (Å²) in [5.41, 5.74) is 6.00. The van der Waals surface area contributed by atoms with Gasteiger partial charge >= 0.3 is 0 Å². The third-order valence-electron chi connectivity index (χ3n) is 4.05. The first-order chi connectivity index (χ1) is 8.97. The second-order valence-electron chi connectivity index (χ2n) is 6.16. The van der Waals surface area contributed by atoms with Gasteiger partial charge in [0.1, 0.15) is 0 Å². The Labute approximate surface area is 118 Å². The summed E-state index contributed by atoms with van der Waals surface area (Å²) >= 11 is 0. The molecule has 1 aliphatic rings. The van der Waals surface area contributed by atoms with Gasteiger partial charge in [-0.2, -0.15) is 0 Å². The van der Waals surface area contributed by atoms with E-state index < -0.39 is 0 Å². The molecule has 0 spiro atoms. The van der Waals surface area contributed by atoms with Crippen molar-refractivity contribution in [2.45, 2.75) is 46.6 Å². The summed E-state index contributed by atoms with van der Waals surface area (Å²) in [4.78, 5) is 16.6. The van der Waals surface area contributed by atoms with E-state index in [-0.39, 0.29) is 11.9 Å². The van der Waals surface area contributed by atoms with Crippen molar-refractivity contribution in [2.24, 2.45) is 17.6 Å². The van der Waals surface area contributed by atoms with Crippen LogP contribution in [0.1, 0.15) is 40.5 Å². The first kappa shape index (κ1) is 16.4. The first-order valence-corrected chi connectivity index (χ1v) is 7.74. The van der Waals surface area contributed by atoms with E-state index in [4.69, 9.17) is 5.73 Å². The number of hydrogen-bond acceptors (Lipinski definition) is 3. The topological polar surface area (TPSA) is 49.6 Å². The van der Waals surface area contributed by atoms with E-state index in [2.05, 4.69) is 32.6 Å². The van der Waals surface area contributed by atoms with Gasteiger partial charge in [0.15, 0.2) is 0 Å².